The molecule has 0 spiro atoms. The normalized spacial score (nSPS) is 14.9. The molecule has 0 bridgehead atoms. The predicted molar refractivity (Wildman–Crippen MR) is 86.8 cm³/mol. The Morgan fingerprint density at radius 2 is 1.95 bits per heavy atom. The van der Waals surface area contributed by atoms with E-state index >= 15 is 0 Å². The number of nitrogens with two attached hydrogens (primary N) is 1. The number of anilines is 1. The minimum absolute atomic E-state index is 0.767. The number of hydrogen-bond acceptors (Lipinski definition) is 3. The number of rotatable bonds is 6. The van der Waals surface area contributed by atoms with Crippen LogP contribution in [0.1, 0.15) is 35.1 Å². The molecule has 106 valence electrons. The summed E-state index contributed by atoms with van der Waals surface area (Å²) in [7, 11) is 0. The van der Waals surface area contributed by atoms with Crippen LogP contribution in [-0.2, 0) is 19.5 Å². The van der Waals surface area contributed by atoms with Crippen molar-refractivity contribution < 1.29 is 0 Å². The average molecular weight is 286 g/mol. The van der Waals surface area contributed by atoms with E-state index in [9.17, 15) is 0 Å². The summed E-state index contributed by atoms with van der Waals surface area (Å²) in [5.74, 6) is 0. The first-order chi connectivity index (χ1) is 9.74. The van der Waals surface area contributed by atoms with Gasteiger partial charge in [-0.2, -0.15) is 0 Å². The van der Waals surface area contributed by atoms with E-state index in [1.807, 2.05) is 17.4 Å². The van der Waals surface area contributed by atoms with E-state index in [1.54, 1.807) is 0 Å². The zero-order valence-electron chi connectivity index (χ0n) is 12.0. The minimum atomic E-state index is 0.767. The summed E-state index contributed by atoms with van der Waals surface area (Å²) in [5, 5.41) is 0. The largest absolute Gasteiger partial charge is 0.399 e. The van der Waals surface area contributed by atoms with Gasteiger partial charge >= 0.3 is 0 Å². The molecule has 2 nitrogen and oxygen atoms in total. The molecule has 3 heteroatoms. The van der Waals surface area contributed by atoms with Crippen molar-refractivity contribution in [3.8, 4) is 0 Å². The van der Waals surface area contributed by atoms with Crippen LogP contribution in [0.3, 0.4) is 0 Å². The van der Waals surface area contributed by atoms with Crippen molar-refractivity contribution in [1.82, 2.24) is 4.90 Å². The van der Waals surface area contributed by atoms with E-state index in [2.05, 4.69) is 42.2 Å². The van der Waals surface area contributed by atoms with E-state index in [1.165, 1.54) is 28.2 Å². The van der Waals surface area contributed by atoms with E-state index in [0.29, 0.717) is 0 Å². The first-order valence-electron chi connectivity index (χ1n) is 7.40. The maximum Gasteiger partial charge on any atom is 0.0334 e. The Labute approximate surface area is 125 Å². The molecular formula is C17H22N2S. The Morgan fingerprint density at radius 3 is 2.60 bits per heavy atom. The van der Waals surface area contributed by atoms with Crippen LogP contribution < -0.4 is 5.73 Å². The molecule has 2 aromatic rings. The van der Waals surface area contributed by atoms with Crippen molar-refractivity contribution in [2.75, 3.05) is 5.73 Å². The van der Waals surface area contributed by atoms with Gasteiger partial charge < -0.3 is 5.73 Å². The van der Waals surface area contributed by atoms with Gasteiger partial charge in [-0.05, 0) is 49.1 Å². The SMILES string of the molecule is CCc1ccc(CN(Cc2cccc(N)c2)C2CC2)s1. The van der Waals surface area contributed by atoms with Crippen LogP contribution in [0.2, 0.25) is 0 Å². The first kappa shape index (κ1) is 13.7. The molecule has 0 radical (unpaired) electrons. The summed E-state index contributed by atoms with van der Waals surface area (Å²) in [4.78, 5) is 5.57. The zero-order chi connectivity index (χ0) is 13.9. The lowest BCUT2D eigenvalue weighted by Gasteiger charge is -2.21. The highest BCUT2D eigenvalue weighted by atomic mass is 32.1. The molecule has 0 amide bonds. The fraction of sp³-hybridized carbons (Fsp3) is 0.412. The number of nitrogens with zero attached hydrogens (tertiary/aromatic N) is 1. The molecule has 1 aromatic carbocycles. The van der Waals surface area contributed by atoms with Crippen LogP contribution in [0, 0.1) is 0 Å². The number of hydrogen-bond donors (Lipinski definition) is 1. The molecule has 0 atom stereocenters. The molecule has 1 heterocycles. The van der Waals surface area contributed by atoms with Gasteiger partial charge in [-0.1, -0.05) is 19.1 Å². The number of benzene rings is 1. The van der Waals surface area contributed by atoms with Gasteiger partial charge in [-0.25, -0.2) is 0 Å². The maximum atomic E-state index is 5.88. The lowest BCUT2D eigenvalue weighted by Crippen LogP contribution is -2.24. The van der Waals surface area contributed by atoms with Crippen LogP contribution >= 0.6 is 11.3 Å². The van der Waals surface area contributed by atoms with Gasteiger partial charge in [-0.15, -0.1) is 11.3 Å². The monoisotopic (exact) mass is 286 g/mol. The van der Waals surface area contributed by atoms with Crippen molar-refractivity contribution in [3.05, 3.63) is 51.7 Å². The summed E-state index contributed by atoms with van der Waals surface area (Å²) < 4.78 is 0. The zero-order valence-corrected chi connectivity index (χ0v) is 12.8. The van der Waals surface area contributed by atoms with Crippen LogP contribution in [0.15, 0.2) is 36.4 Å². The fourth-order valence-electron chi connectivity index (χ4n) is 2.58. The van der Waals surface area contributed by atoms with Gasteiger partial charge in [0.1, 0.15) is 0 Å². The Hall–Kier alpha value is -1.32. The smallest absolute Gasteiger partial charge is 0.0334 e. The van der Waals surface area contributed by atoms with Crippen molar-refractivity contribution >= 4 is 17.0 Å². The summed E-state index contributed by atoms with van der Waals surface area (Å²) in [5.41, 5.74) is 8.07. The highest BCUT2D eigenvalue weighted by Crippen LogP contribution is 2.31. The van der Waals surface area contributed by atoms with E-state index < -0.39 is 0 Å². The molecule has 20 heavy (non-hydrogen) atoms. The molecule has 1 aromatic heterocycles. The summed E-state index contributed by atoms with van der Waals surface area (Å²) >= 11 is 1.95. The Balaban J connectivity index is 1.69. The van der Waals surface area contributed by atoms with E-state index in [4.69, 9.17) is 5.73 Å². The number of aryl methyl sites for hydroxylation is 1. The van der Waals surface area contributed by atoms with Gasteiger partial charge in [0.05, 0.1) is 0 Å². The first-order valence-corrected chi connectivity index (χ1v) is 8.22. The van der Waals surface area contributed by atoms with Crippen molar-refractivity contribution in [2.24, 2.45) is 0 Å². The maximum absolute atomic E-state index is 5.88. The lowest BCUT2D eigenvalue weighted by atomic mass is 10.2. The molecule has 1 aliphatic carbocycles. The molecule has 2 N–H and O–H groups in total. The fourth-order valence-corrected chi connectivity index (χ4v) is 3.56. The van der Waals surface area contributed by atoms with E-state index in [0.717, 1.165) is 31.2 Å². The standard InChI is InChI=1S/C17H22N2S/c1-2-16-8-9-17(20-16)12-19(15-6-7-15)11-13-4-3-5-14(18)10-13/h3-5,8-10,15H,2,6-7,11-12,18H2,1H3. The molecule has 0 unspecified atom stereocenters. The molecule has 1 saturated carbocycles. The third-order valence-corrected chi connectivity index (χ3v) is 5.04. The highest BCUT2D eigenvalue weighted by molar-refractivity contribution is 7.11. The second-order valence-corrected chi connectivity index (χ2v) is 6.86. The predicted octanol–water partition coefficient (Wildman–Crippen LogP) is 4.06. The highest BCUT2D eigenvalue weighted by Gasteiger charge is 2.29. The summed E-state index contributed by atoms with van der Waals surface area (Å²) in [6.45, 7) is 4.31. The number of nitrogen functional groups attached to an aromatic ring is 1. The molecular weight excluding hydrogens is 264 g/mol. The molecule has 0 saturated heterocycles. The second-order valence-electron chi connectivity index (χ2n) is 5.60. The number of thiophene rings is 1. The molecule has 1 aliphatic rings. The molecule has 1 fully saturated rings. The van der Waals surface area contributed by atoms with Crippen molar-refractivity contribution in [1.29, 1.82) is 0 Å². The van der Waals surface area contributed by atoms with Gasteiger partial charge in [0.15, 0.2) is 0 Å². The second kappa shape index (κ2) is 5.98. The average Bonchev–Trinajstić information content (AvgIpc) is 3.19. The van der Waals surface area contributed by atoms with Gasteiger partial charge in [0.25, 0.3) is 0 Å². The minimum Gasteiger partial charge on any atom is -0.399 e. The Morgan fingerprint density at radius 1 is 1.15 bits per heavy atom. The molecule has 3 rings (SSSR count). The summed E-state index contributed by atoms with van der Waals surface area (Å²) in [6, 6.07) is 13.6. The Kier molecular flexibility index (Phi) is 4.08. The van der Waals surface area contributed by atoms with Crippen LogP contribution in [-0.4, -0.2) is 10.9 Å². The third kappa shape index (κ3) is 3.41. The van der Waals surface area contributed by atoms with E-state index in [-0.39, 0.29) is 0 Å². The lowest BCUT2D eigenvalue weighted by molar-refractivity contribution is 0.248. The molecule has 0 aliphatic heterocycles. The van der Waals surface area contributed by atoms with Gasteiger partial charge in [0, 0.05) is 34.6 Å². The van der Waals surface area contributed by atoms with Crippen LogP contribution in [0.25, 0.3) is 0 Å². The van der Waals surface area contributed by atoms with Crippen LogP contribution in [0.4, 0.5) is 5.69 Å². The summed E-state index contributed by atoms with van der Waals surface area (Å²) in [6.07, 6.45) is 3.83. The van der Waals surface area contributed by atoms with Crippen LogP contribution in [0.5, 0.6) is 0 Å². The topological polar surface area (TPSA) is 29.3 Å². The quantitative estimate of drug-likeness (QED) is 0.812. The Bertz CT molecular complexity index is 572. The van der Waals surface area contributed by atoms with Gasteiger partial charge in [-0.3, -0.25) is 4.90 Å². The van der Waals surface area contributed by atoms with Crippen molar-refractivity contribution in [2.45, 2.75) is 45.3 Å². The van der Waals surface area contributed by atoms with Crippen molar-refractivity contribution in [3.63, 3.8) is 0 Å². The van der Waals surface area contributed by atoms with Gasteiger partial charge in [0.2, 0.25) is 0 Å². The third-order valence-electron chi connectivity index (χ3n) is 3.82.